The van der Waals surface area contributed by atoms with E-state index in [1.807, 2.05) is 18.2 Å². The van der Waals surface area contributed by atoms with Crippen molar-refractivity contribution < 1.29 is 9.59 Å². The van der Waals surface area contributed by atoms with Crippen LogP contribution in [0.15, 0.2) is 30.5 Å². The van der Waals surface area contributed by atoms with Crippen LogP contribution in [0.2, 0.25) is 0 Å². The predicted molar refractivity (Wildman–Crippen MR) is 73.9 cm³/mol. The maximum absolute atomic E-state index is 12.2. The largest absolute Gasteiger partial charge is 0.361 e. The van der Waals surface area contributed by atoms with Gasteiger partial charge in [0.05, 0.1) is 11.1 Å². The Morgan fingerprint density at radius 1 is 1.26 bits per heavy atom. The van der Waals surface area contributed by atoms with Gasteiger partial charge in [-0.05, 0) is 19.1 Å². The molecule has 2 rings (SSSR count). The van der Waals surface area contributed by atoms with Gasteiger partial charge < -0.3 is 15.2 Å². The van der Waals surface area contributed by atoms with Crippen molar-refractivity contribution in [2.24, 2.45) is 0 Å². The lowest BCUT2D eigenvalue weighted by Crippen LogP contribution is -2.44. The first kappa shape index (κ1) is 13.1. The van der Waals surface area contributed by atoms with Crippen molar-refractivity contribution in [1.29, 1.82) is 0 Å². The normalized spacial score (nSPS) is 12.2. The highest BCUT2D eigenvalue weighted by atomic mass is 16.2. The zero-order valence-corrected chi connectivity index (χ0v) is 11.2. The highest BCUT2D eigenvalue weighted by molar-refractivity contribution is 6.06. The number of aromatic nitrogens is 1. The summed E-state index contributed by atoms with van der Waals surface area (Å²) in [5, 5.41) is 3.68. The fraction of sp³-hybridized carbons (Fsp3) is 0.286. The molecule has 1 heterocycles. The molecule has 1 unspecified atom stereocenters. The third kappa shape index (κ3) is 2.59. The number of hydrogen-bond donors (Lipinski definition) is 2. The van der Waals surface area contributed by atoms with Crippen molar-refractivity contribution in [1.82, 2.24) is 15.2 Å². The Balaban J connectivity index is 2.21. The highest BCUT2D eigenvalue weighted by Crippen LogP contribution is 2.16. The van der Waals surface area contributed by atoms with E-state index in [-0.39, 0.29) is 11.8 Å². The summed E-state index contributed by atoms with van der Waals surface area (Å²) in [5.41, 5.74) is 1.32. The topological polar surface area (TPSA) is 65.2 Å². The van der Waals surface area contributed by atoms with Crippen LogP contribution in [0.25, 0.3) is 10.9 Å². The van der Waals surface area contributed by atoms with E-state index in [2.05, 4.69) is 10.3 Å². The van der Waals surface area contributed by atoms with Crippen LogP contribution in [0, 0.1) is 0 Å². The number of carbonyl (C=O) groups is 2. The molecule has 0 spiro atoms. The molecule has 100 valence electrons. The Labute approximate surface area is 111 Å². The van der Waals surface area contributed by atoms with Crippen LogP contribution in [0.4, 0.5) is 0 Å². The average Bonchev–Trinajstić information content (AvgIpc) is 2.85. The molecule has 0 aliphatic heterocycles. The molecule has 2 aromatic rings. The predicted octanol–water partition coefficient (Wildman–Crippen LogP) is 1.37. The van der Waals surface area contributed by atoms with Gasteiger partial charge in [-0.3, -0.25) is 9.59 Å². The third-order valence-electron chi connectivity index (χ3n) is 2.99. The number of hydrogen-bond acceptors (Lipinski definition) is 2. The van der Waals surface area contributed by atoms with Gasteiger partial charge in [0.15, 0.2) is 0 Å². The van der Waals surface area contributed by atoms with E-state index in [1.165, 1.54) is 4.90 Å². The number of carbonyl (C=O) groups excluding carboxylic acids is 2. The van der Waals surface area contributed by atoms with Gasteiger partial charge in [0.25, 0.3) is 5.91 Å². The second kappa shape index (κ2) is 5.14. The van der Waals surface area contributed by atoms with E-state index in [0.717, 1.165) is 10.9 Å². The van der Waals surface area contributed by atoms with Crippen molar-refractivity contribution in [3.63, 3.8) is 0 Å². The van der Waals surface area contributed by atoms with Crippen LogP contribution in [0.3, 0.4) is 0 Å². The number of fused-ring (bicyclic) bond motifs is 1. The van der Waals surface area contributed by atoms with Crippen molar-refractivity contribution >= 4 is 22.7 Å². The van der Waals surface area contributed by atoms with Gasteiger partial charge in [0, 0.05) is 25.7 Å². The van der Waals surface area contributed by atoms with Gasteiger partial charge in [-0.15, -0.1) is 0 Å². The Morgan fingerprint density at radius 3 is 2.68 bits per heavy atom. The molecular weight excluding hydrogens is 242 g/mol. The van der Waals surface area contributed by atoms with Gasteiger partial charge in [-0.2, -0.15) is 0 Å². The minimum absolute atomic E-state index is 0.132. The molecule has 1 atom stereocenters. The number of nitrogens with one attached hydrogen (secondary N) is 2. The van der Waals surface area contributed by atoms with Crippen molar-refractivity contribution in [2.45, 2.75) is 13.0 Å². The van der Waals surface area contributed by atoms with E-state index in [4.69, 9.17) is 0 Å². The van der Waals surface area contributed by atoms with E-state index >= 15 is 0 Å². The SMILES string of the molecule is CC(NC(=O)c1cccc2cc[nH]c12)C(=O)N(C)C. The lowest BCUT2D eigenvalue weighted by Gasteiger charge is -2.18. The maximum Gasteiger partial charge on any atom is 0.254 e. The summed E-state index contributed by atoms with van der Waals surface area (Å²) in [6.07, 6.45) is 1.79. The summed E-state index contributed by atoms with van der Waals surface area (Å²) in [5.74, 6) is -0.386. The zero-order valence-electron chi connectivity index (χ0n) is 11.2. The first-order valence-electron chi connectivity index (χ1n) is 6.09. The van der Waals surface area contributed by atoms with E-state index in [0.29, 0.717) is 5.56 Å². The van der Waals surface area contributed by atoms with Gasteiger partial charge in [0.1, 0.15) is 6.04 Å². The third-order valence-corrected chi connectivity index (χ3v) is 2.99. The van der Waals surface area contributed by atoms with Crippen LogP contribution >= 0.6 is 0 Å². The molecule has 2 N–H and O–H groups in total. The summed E-state index contributed by atoms with van der Waals surface area (Å²) in [6, 6.07) is 6.84. The molecule has 0 saturated heterocycles. The van der Waals surface area contributed by atoms with Gasteiger partial charge in [0.2, 0.25) is 5.91 Å². The summed E-state index contributed by atoms with van der Waals surface area (Å²) >= 11 is 0. The Bertz CT molecular complexity index is 616. The number of para-hydroxylation sites is 1. The zero-order chi connectivity index (χ0) is 14.0. The number of amides is 2. The standard InChI is InChI=1S/C14H17N3O2/c1-9(14(19)17(2)3)16-13(18)11-6-4-5-10-7-8-15-12(10)11/h4-9,15H,1-3H3,(H,16,18). The molecule has 0 aliphatic carbocycles. The molecule has 0 fully saturated rings. The molecule has 5 nitrogen and oxygen atoms in total. The van der Waals surface area contributed by atoms with Crippen LogP contribution < -0.4 is 5.32 Å². The summed E-state index contributed by atoms with van der Waals surface area (Å²) in [4.78, 5) is 28.4. The van der Waals surface area contributed by atoms with Gasteiger partial charge in [-0.25, -0.2) is 0 Å². The second-order valence-electron chi connectivity index (χ2n) is 4.68. The van der Waals surface area contributed by atoms with E-state index in [1.54, 1.807) is 33.3 Å². The second-order valence-corrected chi connectivity index (χ2v) is 4.68. The molecule has 0 radical (unpaired) electrons. The minimum Gasteiger partial charge on any atom is -0.361 e. The van der Waals surface area contributed by atoms with Crippen LogP contribution in [0.1, 0.15) is 17.3 Å². The van der Waals surface area contributed by atoms with Gasteiger partial charge in [-0.1, -0.05) is 12.1 Å². The number of benzene rings is 1. The maximum atomic E-state index is 12.2. The molecule has 19 heavy (non-hydrogen) atoms. The molecule has 1 aromatic heterocycles. The molecule has 0 saturated carbocycles. The van der Waals surface area contributed by atoms with Crippen molar-refractivity contribution in [3.8, 4) is 0 Å². The summed E-state index contributed by atoms with van der Waals surface area (Å²) in [7, 11) is 3.33. The van der Waals surface area contributed by atoms with Crippen molar-refractivity contribution in [2.75, 3.05) is 14.1 Å². The van der Waals surface area contributed by atoms with E-state index in [9.17, 15) is 9.59 Å². The fourth-order valence-corrected chi connectivity index (χ4v) is 2.00. The fourth-order valence-electron chi connectivity index (χ4n) is 2.00. The average molecular weight is 259 g/mol. The van der Waals surface area contributed by atoms with E-state index < -0.39 is 6.04 Å². The monoisotopic (exact) mass is 259 g/mol. The Kier molecular flexibility index (Phi) is 3.55. The quantitative estimate of drug-likeness (QED) is 0.874. The van der Waals surface area contributed by atoms with Crippen LogP contribution in [-0.4, -0.2) is 41.8 Å². The highest BCUT2D eigenvalue weighted by Gasteiger charge is 2.19. The Hall–Kier alpha value is -2.30. The first-order chi connectivity index (χ1) is 9.00. The lowest BCUT2D eigenvalue weighted by molar-refractivity contribution is -0.130. The molecule has 2 amide bonds. The summed E-state index contributed by atoms with van der Waals surface area (Å²) < 4.78 is 0. The van der Waals surface area contributed by atoms with Crippen LogP contribution in [0.5, 0.6) is 0 Å². The minimum atomic E-state index is -0.548. The number of H-pyrrole nitrogens is 1. The Morgan fingerprint density at radius 2 is 2.00 bits per heavy atom. The van der Waals surface area contributed by atoms with Crippen molar-refractivity contribution in [3.05, 3.63) is 36.0 Å². The smallest absolute Gasteiger partial charge is 0.254 e. The molecule has 0 bridgehead atoms. The number of likely N-dealkylation sites (N-methyl/N-ethyl adjacent to an activating group) is 1. The number of rotatable bonds is 3. The lowest BCUT2D eigenvalue weighted by atomic mass is 10.1. The molecule has 1 aromatic carbocycles. The molecule has 5 heteroatoms. The number of aromatic amines is 1. The molecule has 0 aliphatic rings. The molecular formula is C14H17N3O2. The summed E-state index contributed by atoms with van der Waals surface area (Å²) in [6.45, 7) is 1.68. The first-order valence-corrected chi connectivity index (χ1v) is 6.09. The number of nitrogens with zero attached hydrogens (tertiary/aromatic N) is 1. The van der Waals surface area contributed by atoms with Gasteiger partial charge >= 0.3 is 0 Å². The van der Waals surface area contributed by atoms with Crippen LogP contribution in [-0.2, 0) is 4.79 Å².